The second-order valence-electron chi connectivity index (χ2n) is 1.71. The molecule has 1 aromatic rings. The Balaban J connectivity index is 2.31. The van der Waals surface area contributed by atoms with E-state index in [9.17, 15) is 4.39 Å². The quantitative estimate of drug-likeness (QED) is 0.545. The highest BCUT2D eigenvalue weighted by molar-refractivity contribution is 7.94. The Morgan fingerprint density at radius 3 is 3.00 bits per heavy atom. The molecule has 0 radical (unpaired) electrons. The number of aliphatic hydroxyl groups excluding tert-OH is 1. The molecule has 1 heterocycles. The van der Waals surface area contributed by atoms with E-state index in [0.29, 0.717) is 0 Å². The minimum absolute atomic E-state index is 0.0263. The van der Waals surface area contributed by atoms with Crippen LogP contribution in [0.3, 0.4) is 0 Å². The summed E-state index contributed by atoms with van der Waals surface area (Å²) in [4.78, 5) is 0. The Labute approximate surface area is 72.1 Å². The molecule has 1 aromatic heterocycles. The van der Waals surface area contributed by atoms with Gasteiger partial charge in [-0.05, 0) is 0 Å². The molecule has 68 valence electrons. The molecule has 0 aliphatic carbocycles. The van der Waals surface area contributed by atoms with E-state index in [1.54, 1.807) is 0 Å². The van der Waals surface area contributed by atoms with Crippen LogP contribution in [0.5, 0.6) is 0 Å². The molecule has 0 saturated carbocycles. The first-order chi connectivity index (χ1) is 5.86. The van der Waals surface area contributed by atoms with Crippen LogP contribution in [0.1, 0.15) is 5.89 Å². The Kier molecular flexibility index (Phi) is 3.98. The van der Waals surface area contributed by atoms with Gasteiger partial charge in [0.15, 0.2) is 0 Å². The van der Waals surface area contributed by atoms with E-state index in [-0.39, 0.29) is 24.3 Å². The van der Waals surface area contributed by atoms with Crippen molar-refractivity contribution in [2.45, 2.75) is 11.8 Å². The van der Waals surface area contributed by atoms with Crippen LogP contribution in [0, 0.1) is 0 Å². The third-order valence-electron chi connectivity index (χ3n) is 0.874. The Morgan fingerprint density at radius 1 is 1.58 bits per heavy atom. The molecule has 0 aliphatic rings. The van der Waals surface area contributed by atoms with Crippen LogP contribution in [0.2, 0.25) is 0 Å². The van der Waals surface area contributed by atoms with Gasteiger partial charge in [-0.3, -0.25) is 0 Å². The third-order valence-corrected chi connectivity index (χ3v) is 1.47. The van der Waals surface area contributed by atoms with Gasteiger partial charge in [0, 0.05) is 0 Å². The van der Waals surface area contributed by atoms with Crippen molar-refractivity contribution in [1.82, 2.24) is 10.2 Å². The van der Waals surface area contributed by atoms with Gasteiger partial charge in [0.1, 0.15) is 13.3 Å². The van der Waals surface area contributed by atoms with E-state index in [1.165, 1.54) is 0 Å². The van der Waals surface area contributed by atoms with Gasteiger partial charge in [-0.2, -0.15) is 0 Å². The van der Waals surface area contributed by atoms with Gasteiger partial charge >= 0.3 is 5.22 Å². The molecule has 1 rings (SSSR count). The molecular formula is C5H7FN2O3S. The van der Waals surface area contributed by atoms with Gasteiger partial charge in [-0.15, -0.1) is 5.10 Å². The monoisotopic (exact) mass is 194 g/mol. The van der Waals surface area contributed by atoms with E-state index in [0.717, 1.165) is 12.0 Å². The van der Waals surface area contributed by atoms with Crippen molar-refractivity contribution in [3.8, 4) is 0 Å². The van der Waals surface area contributed by atoms with Crippen LogP contribution in [0.15, 0.2) is 9.64 Å². The van der Waals surface area contributed by atoms with E-state index >= 15 is 0 Å². The fourth-order valence-electron chi connectivity index (χ4n) is 0.459. The topological polar surface area (TPSA) is 68.4 Å². The molecule has 0 spiro atoms. The Bertz CT molecular complexity index is 232. The van der Waals surface area contributed by atoms with Crippen molar-refractivity contribution in [3.05, 3.63) is 5.89 Å². The second-order valence-corrected chi connectivity index (χ2v) is 2.47. The van der Waals surface area contributed by atoms with Gasteiger partial charge in [0.25, 0.3) is 0 Å². The number of rotatable bonds is 5. The number of hydrogen-bond donors (Lipinski definition) is 1. The number of halogens is 1. The number of hydrogen-bond acceptors (Lipinski definition) is 6. The van der Waals surface area contributed by atoms with E-state index < -0.39 is 6.67 Å². The van der Waals surface area contributed by atoms with Crippen LogP contribution in [-0.4, -0.2) is 28.6 Å². The van der Waals surface area contributed by atoms with Gasteiger partial charge in [0.2, 0.25) is 5.89 Å². The molecule has 7 heteroatoms. The lowest BCUT2D eigenvalue weighted by Crippen LogP contribution is -1.87. The number of aliphatic hydroxyl groups is 1. The van der Waals surface area contributed by atoms with E-state index in [2.05, 4.69) is 10.2 Å². The number of alkyl halides is 1. The van der Waals surface area contributed by atoms with Crippen LogP contribution in [-0.2, 0) is 10.8 Å². The summed E-state index contributed by atoms with van der Waals surface area (Å²) in [6.07, 6.45) is 0. The second kappa shape index (κ2) is 5.07. The third kappa shape index (κ3) is 2.76. The zero-order chi connectivity index (χ0) is 8.81. The molecule has 0 amide bonds. The van der Waals surface area contributed by atoms with E-state index in [4.69, 9.17) is 13.7 Å². The molecule has 0 fully saturated rings. The molecule has 0 unspecified atom stereocenters. The van der Waals surface area contributed by atoms with Crippen LogP contribution >= 0.6 is 12.0 Å². The highest BCUT2D eigenvalue weighted by Gasteiger charge is 2.05. The van der Waals surface area contributed by atoms with Gasteiger partial charge < -0.3 is 13.7 Å². The van der Waals surface area contributed by atoms with Crippen molar-refractivity contribution in [1.29, 1.82) is 0 Å². The van der Waals surface area contributed by atoms with Gasteiger partial charge in [0.05, 0.1) is 18.6 Å². The fourth-order valence-corrected chi connectivity index (χ4v) is 0.911. The summed E-state index contributed by atoms with van der Waals surface area (Å²) >= 11 is 0.790. The van der Waals surface area contributed by atoms with Crippen molar-refractivity contribution in [2.24, 2.45) is 0 Å². The molecular weight excluding hydrogens is 187 g/mol. The fraction of sp³-hybridized carbons (Fsp3) is 0.600. The normalized spacial score (nSPS) is 10.5. The molecule has 0 aliphatic heterocycles. The molecule has 0 atom stereocenters. The van der Waals surface area contributed by atoms with Crippen LogP contribution in [0.4, 0.5) is 4.39 Å². The first-order valence-electron chi connectivity index (χ1n) is 3.15. The van der Waals surface area contributed by atoms with Crippen LogP contribution < -0.4 is 0 Å². The minimum Gasteiger partial charge on any atom is -0.412 e. The first kappa shape index (κ1) is 9.43. The van der Waals surface area contributed by atoms with Crippen molar-refractivity contribution in [3.63, 3.8) is 0 Å². The average molecular weight is 194 g/mol. The molecule has 0 saturated heterocycles. The molecule has 0 aromatic carbocycles. The van der Waals surface area contributed by atoms with Crippen LogP contribution in [0.25, 0.3) is 0 Å². The largest absolute Gasteiger partial charge is 0.412 e. The van der Waals surface area contributed by atoms with Crippen molar-refractivity contribution < 1.29 is 18.1 Å². The minimum atomic E-state index is -0.562. The molecule has 1 N–H and O–H groups in total. The lowest BCUT2D eigenvalue weighted by atomic mass is 10.7. The predicted molar refractivity (Wildman–Crippen MR) is 38.0 cm³/mol. The summed E-state index contributed by atoms with van der Waals surface area (Å²) in [5.74, 6) is 0.112. The predicted octanol–water partition coefficient (Wildman–Crippen LogP) is 0.555. The lowest BCUT2D eigenvalue weighted by molar-refractivity contribution is 0.228. The maximum absolute atomic E-state index is 11.5. The number of nitrogens with zero attached hydrogens (tertiary/aromatic N) is 2. The summed E-state index contributed by atoms with van der Waals surface area (Å²) in [5.41, 5.74) is 0. The van der Waals surface area contributed by atoms with Crippen molar-refractivity contribution in [2.75, 3.05) is 13.3 Å². The first-order valence-corrected chi connectivity index (χ1v) is 3.89. The Morgan fingerprint density at radius 2 is 2.42 bits per heavy atom. The maximum atomic E-state index is 11.5. The summed E-state index contributed by atoms with van der Waals surface area (Å²) < 4.78 is 21.0. The maximum Gasteiger partial charge on any atom is 0.304 e. The highest BCUT2D eigenvalue weighted by atomic mass is 32.2. The average Bonchev–Trinajstić information content (AvgIpc) is 2.53. The van der Waals surface area contributed by atoms with Gasteiger partial charge in [-0.25, -0.2) is 4.39 Å². The smallest absolute Gasteiger partial charge is 0.304 e. The zero-order valence-corrected chi connectivity index (χ0v) is 6.88. The van der Waals surface area contributed by atoms with E-state index in [1.807, 2.05) is 0 Å². The van der Waals surface area contributed by atoms with Gasteiger partial charge in [-0.1, -0.05) is 5.10 Å². The summed E-state index contributed by atoms with van der Waals surface area (Å²) in [6.45, 7) is -0.897. The summed E-state index contributed by atoms with van der Waals surface area (Å²) in [7, 11) is 0. The number of aromatic nitrogens is 2. The summed E-state index contributed by atoms with van der Waals surface area (Å²) in [5, 5.41) is 15.6. The lowest BCUT2D eigenvalue weighted by Gasteiger charge is -1.91. The molecule has 12 heavy (non-hydrogen) atoms. The molecule has 0 bridgehead atoms. The summed E-state index contributed by atoms with van der Waals surface area (Å²) in [6, 6.07) is 0. The highest BCUT2D eigenvalue weighted by Crippen LogP contribution is 2.16. The molecule has 5 nitrogen and oxygen atoms in total. The Hall–Kier alpha value is -0.660. The SMILES string of the molecule is OCc1nnc(SOCCF)o1. The zero-order valence-electron chi connectivity index (χ0n) is 6.07. The van der Waals surface area contributed by atoms with Crippen molar-refractivity contribution >= 4 is 12.0 Å². The standard InChI is InChI=1S/C5H7FN2O3S/c6-1-2-10-12-5-8-7-4(3-9)11-5/h9H,1-3H2.